The van der Waals surface area contributed by atoms with Crippen LogP contribution in [0.25, 0.3) is 21.8 Å². The zero-order chi connectivity index (χ0) is 18.9. The molecule has 4 rings (SSSR count). The van der Waals surface area contributed by atoms with E-state index in [4.69, 9.17) is 0 Å². The number of ether oxygens (including phenoxy) is 1. The van der Waals surface area contributed by atoms with Gasteiger partial charge in [0.1, 0.15) is 5.75 Å². The van der Waals surface area contributed by atoms with Gasteiger partial charge in [-0.2, -0.15) is 0 Å². The Morgan fingerprint density at radius 1 is 1.23 bits per heavy atom. The van der Waals surface area contributed by atoms with Gasteiger partial charge in [0.25, 0.3) is 0 Å². The van der Waals surface area contributed by atoms with Crippen LogP contribution in [0.15, 0.2) is 18.2 Å². The van der Waals surface area contributed by atoms with E-state index in [1.807, 2.05) is 20.8 Å². The summed E-state index contributed by atoms with van der Waals surface area (Å²) < 4.78 is 41.8. The maximum atomic E-state index is 12.8. The van der Waals surface area contributed by atoms with E-state index >= 15 is 0 Å². The van der Waals surface area contributed by atoms with Crippen molar-refractivity contribution in [2.75, 3.05) is 0 Å². The standard InChI is InChI=1S/C19H17F3N2O2/c1-9-17-15(16-13(23-9)7-18(2,3)8-14(16)25)11-6-10(26-19(20,21)22)4-5-12(11)24-17/h4-6,24H,7-8H2,1-3H3. The number of halogens is 3. The van der Waals surface area contributed by atoms with Crippen LogP contribution >= 0.6 is 0 Å². The zero-order valence-corrected chi connectivity index (χ0v) is 14.5. The number of rotatable bonds is 1. The number of aromatic nitrogens is 2. The topological polar surface area (TPSA) is 55.0 Å². The first-order valence-electron chi connectivity index (χ1n) is 8.28. The fourth-order valence-electron chi connectivity index (χ4n) is 3.82. The molecule has 136 valence electrons. The number of alkyl halides is 3. The molecule has 0 saturated carbocycles. The van der Waals surface area contributed by atoms with Gasteiger partial charge in [0.15, 0.2) is 5.78 Å². The molecule has 0 spiro atoms. The lowest BCUT2D eigenvalue weighted by molar-refractivity contribution is -0.274. The predicted molar refractivity (Wildman–Crippen MR) is 91.5 cm³/mol. The summed E-state index contributed by atoms with van der Waals surface area (Å²) in [5.41, 5.74) is 3.08. The van der Waals surface area contributed by atoms with E-state index < -0.39 is 6.36 Å². The highest BCUT2D eigenvalue weighted by Gasteiger charge is 2.35. The Labute approximate surface area is 147 Å². The quantitative estimate of drug-likeness (QED) is 0.657. The molecule has 0 fully saturated rings. The van der Waals surface area contributed by atoms with E-state index in [2.05, 4.69) is 14.7 Å². The molecule has 0 bridgehead atoms. The number of hydrogen-bond donors (Lipinski definition) is 1. The first-order valence-corrected chi connectivity index (χ1v) is 8.28. The molecule has 1 aliphatic carbocycles. The summed E-state index contributed by atoms with van der Waals surface area (Å²) in [4.78, 5) is 20.6. The number of fused-ring (bicyclic) bond motifs is 5. The number of pyridine rings is 1. The van der Waals surface area contributed by atoms with Crippen LogP contribution in [-0.2, 0) is 6.42 Å². The van der Waals surface area contributed by atoms with Crippen molar-refractivity contribution in [2.24, 2.45) is 5.41 Å². The number of hydrogen-bond acceptors (Lipinski definition) is 3. The maximum Gasteiger partial charge on any atom is 0.573 e. The zero-order valence-electron chi connectivity index (χ0n) is 14.5. The van der Waals surface area contributed by atoms with Crippen LogP contribution in [0.2, 0.25) is 0 Å². The van der Waals surface area contributed by atoms with E-state index in [1.54, 1.807) is 0 Å². The molecule has 2 aromatic heterocycles. The van der Waals surface area contributed by atoms with Crippen molar-refractivity contribution >= 4 is 27.6 Å². The number of Topliss-reactive ketones (excluding diaryl/α,β-unsaturated/α-hetero) is 1. The molecule has 3 aromatic rings. The molecule has 0 radical (unpaired) electrons. The molecule has 1 N–H and O–H groups in total. The van der Waals surface area contributed by atoms with Crippen molar-refractivity contribution in [3.8, 4) is 5.75 Å². The summed E-state index contributed by atoms with van der Waals surface area (Å²) in [7, 11) is 0. The maximum absolute atomic E-state index is 12.8. The van der Waals surface area contributed by atoms with E-state index in [1.165, 1.54) is 18.2 Å². The number of carbonyl (C=O) groups excluding carboxylic acids is 1. The third kappa shape index (κ3) is 2.71. The number of benzene rings is 1. The molecule has 1 aliphatic rings. The molecule has 0 aliphatic heterocycles. The Hall–Kier alpha value is -2.57. The number of H-pyrrole nitrogens is 1. The van der Waals surface area contributed by atoms with Crippen molar-refractivity contribution in [1.82, 2.24) is 9.97 Å². The van der Waals surface area contributed by atoms with Gasteiger partial charge in [-0.15, -0.1) is 13.2 Å². The van der Waals surface area contributed by atoms with Crippen LogP contribution in [-0.4, -0.2) is 22.1 Å². The minimum atomic E-state index is -4.77. The smallest absolute Gasteiger partial charge is 0.406 e. The van der Waals surface area contributed by atoms with Crippen molar-refractivity contribution in [3.63, 3.8) is 0 Å². The second-order valence-electron chi connectivity index (χ2n) is 7.59. The molecule has 0 atom stereocenters. The Bertz CT molecular complexity index is 1060. The minimum absolute atomic E-state index is 0.0307. The molecule has 0 amide bonds. The fraction of sp³-hybridized carbons (Fsp3) is 0.368. The van der Waals surface area contributed by atoms with Gasteiger partial charge < -0.3 is 9.72 Å². The van der Waals surface area contributed by atoms with Gasteiger partial charge in [-0.25, -0.2) is 0 Å². The largest absolute Gasteiger partial charge is 0.573 e. The summed E-state index contributed by atoms with van der Waals surface area (Å²) in [5, 5.41) is 1.17. The summed E-state index contributed by atoms with van der Waals surface area (Å²) >= 11 is 0. The van der Waals surface area contributed by atoms with Crippen LogP contribution in [0.3, 0.4) is 0 Å². The monoisotopic (exact) mass is 362 g/mol. The van der Waals surface area contributed by atoms with E-state index in [9.17, 15) is 18.0 Å². The normalized spacial score (nSPS) is 16.9. The first-order chi connectivity index (χ1) is 12.0. The van der Waals surface area contributed by atoms with E-state index in [0.717, 1.165) is 5.69 Å². The number of nitrogens with one attached hydrogen (secondary N) is 1. The number of carbonyl (C=O) groups is 1. The summed E-state index contributed by atoms with van der Waals surface area (Å²) in [5.74, 6) is -0.338. The molecule has 2 heterocycles. The Morgan fingerprint density at radius 3 is 2.65 bits per heavy atom. The third-order valence-electron chi connectivity index (χ3n) is 4.77. The van der Waals surface area contributed by atoms with Crippen LogP contribution in [0, 0.1) is 12.3 Å². The van der Waals surface area contributed by atoms with Crippen LogP contribution in [0.5, 0.6) is 5.75 Å². The van der Waals surface area contributed by atoms with Crippen LogP contribution in [0.1, 0.15) is 42.0 Å². The molecule has 0 unspecified atom stereocenters. The minimum Gasteiger partial charge on any atom is -0.406 e. The van der Waals surface area contributed by atoms with Gasteiger partial charge in [-0.05, 0) is 37.0 Å². The first kappa shape index (κ1) is 16.9. The lowest BCUT2D eigenvalue weighted by atomic mass is 9.74. The Kier molecular flexibility index (Phi) is 3.39. The second-order valence-corrected chi connectivity index (χ2v) is 7.59. The van der Waals surface area contributed by atoms with Crippen molar-refractivity contribution in [3.05, 3.63) is 35.2 Å². The molecule has 1 aromatic carbocycles. The number of aryl methyl sites for hydroxylation is 1. The highest BCUT2D eigenvalue weighted by molar-refractivity contribution is 6.19. The molecule has 4 nitrogen and oxygen atoms in total. The van der Waals surface area contributed by atoms with Gasteiger partial charge in [0.2, 0.25) is 0 Å². The second kappa shape index (κ2) is 5.22. The van der Waals surface area contributed by atoms with E-state index in [-0.39, 0.29) is 16.9 Å². The molecule has 0 saturated heterocycles. The SMILES string of the molecule is Cc1nc2c(c3c1[nH]c1ccc(OC(F)(F)F)cc13)C(=O)CC(C)(C)C2. The number of ketones is 1. The molecular formula is C19H17F3N2O2. The van der Waals surface area contributed by atoms with E-state index in [0.29, 0.717) is 45.9 Å². The third-order valence-corrected chi connectivity index (χ3v) is 4.77. The molecular weight excluding hydrogens is 345 g/mol. The lowest BCUT2D eigenvalue weighted by Gasteiger charge is -2.30. The Morgan fingerprint density at radius 2 is 1.96 bits per heavy atom. The number of nitrogens with zero attached hydrogens (tertiary/aromatic N) is 1. The van der Waals surface area contributed by atoms with Gasteiger partial charge >= 0.3 is 6.36 Å². The van der Waals surface area contributed by atoms with Crippen LogP contribution in [0.4, 0.5) is 13.2 Å². The molecule has 26 heavy (non-hydrogen) atoms. The van der Waals surface area contributed by atoms with Crippen molar-refractivity contribution in [2.45, 2.75) is 40.0 Å². The summed E-state index contributed by atoms with van der Waals surface area (Å²) in [6.07, 6.45) is -3.74. The predicted octanol–water partition coefficient (Wildman–Crippen LogP) is 5.08. The van der Waals surface area contributed by atoms with Crippen molar-refractivity contribution in [1.29, 1.82) is 0 Å². The lowest BCUT2D eigenvalue weighted by Crippen LogP contribution is -2.28. The highest BCUT2D eigenvalue weighted by atomic mass is 19.4. The fourth-order valence-corrected chi connectivity index (χ4v) is 3.82. The van der Waals surface area contributed by atoms with Crippen LogP contribution < -0.4 is 4.74 Å². The average Bonchev–Trinajstić information content (AvgIpc) is 2.83. The molecule has 7 heteroatoms. The summed E-state index contributed by atoms with van der Waals surface area (Å²) in [6, 6.07) is 4.11. The highest BCUT2D eigenvalue weighted by Crippen LogP contribution is 2.41. The van der Waals surface area contributed by atoms with Gasteiger partial charge in [-0.3, -0.25) is 9.78 Å². The van der Waals surface area contributed by atoms with Gasteiger partial charge in [0, 0.05) is 28.3 Å². The van der Waals surface area contributed by atoms with Crippen molar-refractivity contribution < 1.29 is 22.7 Å². The number of aromatic amines is 1. The Balaban J connectivity index is 2.02. The van der Waals surface area contributed by atoms with Gasteiger partial charge in [-0.1, -0.05) is 13.8 Å². The summed E-state index contributed by atoms with van der Waals surface area (Å²) in [6.45, 7) is 5.86. The average molecular weight is 362 g/mol. The van der Waals surface area contributed by atoms with Gasteiger partial charge in [0.05, 0.1) is 16.9 Å².